The zero-order valence-corrected chi connectivity index (χ0v) is 13.2. The van der Waals surface area contributed by atoms with Gasteiger partial charge in [-0.2, -0.15) is 0 Å². The Morgan fingerprint density at radius 1 is 1.33 bits per heavy atom. The van der Waals surface area contributed by atoms with Crippen molar-refractivity contribution in [2.75, 3.05) is 6.61 Å². The average molecular weight is 350 g/mol. The Hall–Kier alpha value is -2.68. The highest BCUT2D eigenvalue weighted by Gasteiger charge is 2.49. The second-order valence-electron chi connectivity index (χ2n) is 5.15. The van der Waals surface area contributed by atoms with Crippen LogP contribution in [0.25, 0.3) is 0 Å². The third-order valence-electron chi connectivity index (χ3n) is 3.54. The fraction of sp³-hybridized carbons (Fsp3) is 0.267. The van der Waals surface area contributed by atoms with E-state index in [1.807, 2.05) is 6.07 Å². The minimum absolute atomic E-state index is 0.168. The van der Waals surface area contributed by atoms with Crippen molar-refractivity contribution in [1.82, 2.24) is 10.2 Å². The molecule has 1 fully saturated rings. The number of aliphatic carboxylic acids is 1. The molecular weight excluding hydrogens is 336 g/mol. The Labute approximate surface area is 141 Å². The zero-order valence-electron chi connectivity index (χ0n) is 12.3. The molecule has 2 aliphatic rings. The number of carbonyl (C=O) groups is 3. The molecule has 1 saturated heterocycles. The number of hydrogen-bond acceptors (Lipinski definition) is 6. The summed E-state index contributed by atoms with van der Waals surface area (Å²) in [5.74, 6) is -2.32. The lowest BCUT2D eigenvalue weighted by Crippen LogP contribution is -2.57. The monoisotopic (exact) mass is 350 g/mol. The highest BCUT2D eigenvalue weighted by Crippen LogP contribution is 2.42. The number of aliphatic hydroxyl groups is 1. The van der Waals surface area contributed by atoms with Gasteiger partial charge in [0.2, 0.25) is 5.91 Å². The van der Waals surface area contributed by atoms with E-state index in [9.17, 15) is 24.6 Å². The van der Waals surface area contributed by atoms with Crippen molar-refractivity contribution in [2.45, 2.75) is 17.2 Å². The minimum Gasteiger partial charge on any atom is -0.507 e. The lowest BCUT2D eigenvalue weighted by Gasteiger charge is -2.45. The number of nitrogens with one attached hydrogen (secondary N) is 1. The number of benzene rings is 1. The van der Waals surface area contributed by atoms with E-state index in [1.54, 1.807) is 24.3 Å². The number of rotatable bonds is 5. The second-order valence-corrected chi connectivity index (χ2v) is 6.43. The number of nitrogens with zero attached hydrogens (tertiary/aromatic N) is 1. The Kier molecular flexibility index (Phi) is 4.34. The van der Waals surface area contributed by atoms with Gasteiger partial charge in [-0.05, 0) is 12.1 Å². The number of carbonyl (C=O) groups excluding carboxylic acids is 2. The van der Waals surface area contributed by atoms with E-state index in [-0.39, 0.29) is 18.9 Å². The van der Waals surface area contributed by atoms with Crippen LogP contribution >= 0.6 is 11.8 Å². The first-order valence-corrected chi connectivity index (χ1v) is 8.03. The molecule has 0 radical (unpaired) electrons. The van der Waals surface area contributed by atoms with Crippen molar-refractivity contribution in [2.24, 2.45) is 0 Å². The Balaban J connectivity index is 1.66. The molecule has 2 aliphatic heterocycles. The maximum absolute atomic E-state index is 12.0. The molecule has 0 aromatic heterocycles. The van der Waals surface area contributed by atoms with Gasteiger partial charge >= 0.3 is 5.97 Å². The van der Waals surface area contributed by atoms with Gasteiger partial charge in [-0.3, -0.25) is 14.5 Å². The van der Waals surface area contributed by atoms with Crippen molar-refractivity contribution in [3.8, 4) is 5.75 Å². The maximum atomic E-state index is 12.0. The lowest BCUT2D eigenvalue weighted by atomic mass is 10.1. The van der Waals surface area contributed by atoms with Crippen LogP contribution in [0.5, 0.6) is 5.75 Å². The van der Waals surface area contributed by atoms with Crippen LogP contribution in [-0.2, 0) is 14.4 Å². The molecule has 3 rings (SSSR count). The highest BCUT2D eigenvalue weighted by atomic mass is 32.2. The molecule has 8 nitrogen and oxygen atoms in total. The molecule has 1 unspecified atom stereocenters. The minimum atomic E-state index is -1.41. The molecule has 126 valence electrons. The summed E-state index contributed by atoms with van der Waals surface area (Å²) in [4.78, 5) is 35.8. The first kappa shape index (κ1) is 16.2. The predicted octanol–water partition coefficient (Wildman–Crippen LogP) is 0.667. The van der Waals surface area contributed by atoms with E-state index in [0.717, 1.165) is 16.7 Å². The molecule has 3 N–H and O–H groups in total. The molecule has 0 spiro atoms. The van der Waals surface area contributed by atoms with Crippen LogP contribution < -0.4 is 10.1 Å². The Morgan fingerprint density at radius 2 is 2.04 bits per heavy atom. The Bertz CT molecular complexity index is 720. The van der Waals surface area contributed by atoms with Crippen molar-refractivity contribution in [3.05, 3.63) is 41.8 Å². The quantitative estimate of drug-likeness (QED) is 0.668. The van der Waals surface area contributed by atoms with Gasteiger partial charge in [-0.1, -0.05) is 18.2 Å². The van der Waals surface area contributed by atoms with E-state index in [2.05, 4.69) is 5.32 Å². The number of fused-ring (bicyclic) bond motifs is 1. The fourth-order valence-corrected chi connectivity index (χ4v) is 3.74. The number of thioether (sulfide) groups is 1. The number of para-hydroxylation sites is 1. The molecule has 9 heteroatoms. The van der Waals surface area contributed by atoms with Gasteiger partial charge in [0.05, 0.1) is 11.8 Å². The molecule has 0 saturated carbocycles. The van der Waals surface area contributed by atoms with Crippen molar-refractivity contribution >= 4 is 29.5 Å². The summed E-state index contributed by atoms with van der Waals surface area (Å²) in [7, 11) is 0. The van der Waals surface area contributed by atoms with Crippen LogP contribution in [0.4, 0.5) is 0 Å². The van der Waals surface area contributed by atoms with Gasteiger partial charge in [-0.15, -0.1) is 11.8 Å². The van der Waals surface area contributed by atoms with Gasteiger partial charge in [0.15, 0.2) is 18.1 Å². The third kappa shape index (κ3) is 3.02. The van der Waals surface area contributed by atoms with Crippen molar-refractivity contribution in [3.63, 3.8) is 0 Å². The van der Waals surface area contributed by atoms with E-state index in [1.165, 1.54) is 0 Å². The normalized spacial score (nSPS) is 22.5. The molecule has 2 heterocycles. The summed E-state index contributed by atoms with van der Waals surface area (Å²) >= 11 is 1.11. The third-order valence-corrected chi connectivity index (χ3v) is 4.84. The number of carboxylic acids is 1. The summed E-state index contributed by atoms with van der Waals surface area (Å²) in [5.41, 5.74) is -0.482. The molecular formula is C15H14N2O6S. The second kappa shape index (κ2) is 6.44. The zero-order chi connectivity index (χ0) is 17.3. The first-order chi connectivity index (χ1) is 11.5. The number of aliphatic hydroxyl groups excluding tert-OH is 1. The maximum Gasteiger partial charge on any atom is 0.356 e. The van der Waals surface area contributed by atoms with Crippen LogP contribution in [0, 0.1) is 0 Å². The summed E-state index contributed by atoms with van der Waals surface area (Å²) in [6.07, 6.45) is 0.168. The summed E-state index contributed by atoms with van der Waals surface area (Å²) in [6.45, 7) is -0.274. The van der Waals surface area contributed by atoms with Crippen molar-refractivity contribution in [1.29, 1.82) is 0 Å². The van der Waals surface area contributed by atoms with Gasteiger partial charge < -0.3 is 20.3 Å². The number of β-lactam (4-membered cyclic amide) rings is 1. The molecule has 0 aliphatic carbocycles. The van der Waals surface area contributed by atoms with E-state index < -0.39 is 34.1 Å². The SMILES string of the molecule is O=C(COc1ccccc1)NC1S[C@@H]2CC(=O)N2C(C(=O)O)=C1O. The molecule has 24 heavy (non-hydrogen) atoms. The average Bonchev–Trinajstić information content (AvgIpc) is 2.55. The van der Waals surface area contributed by atoms with Gasteiger partial charge in [0.1, 0.15) is 11.1 Å². The smallest absolute Gasteiger partial charge is 0.356 e. The van der Waals surface area contributed by atoms with Crippen LogP contribution in [0.3, 0.4) is 0 Å². The first-order valence-electron chi connectivity index (χ1n) is 7.08. The lowest BCUT2D eigenvalue weighted by molar-refractivity contribution is -0.146. The van der Waals surface area contributed by atoms with Crippen LogP contribution in [0.2, 0.25) is 0 Å². The molecule has 1 aromatic carbocycles. The predicted molar refractivity (Wildman–Crippen MR) is 84.0 cm³/mol. The molecule has 2 amide bonds. The van der Waals surface area contributed by atoms with Gasteiger partial charge in [0.25, 0.3) is 5.91 Å². The van der Waals surface area contributed by atoms with Gasteiger partial charge in [0, 0.05) is 0 Å². The number of ether oxygens (including phenoxy) is 1. The van der Waals surface area contributed by atoms with Crippen LogP contribution in [0.1, 0.15) is 6.42 Å². The topological polar surface area (TPSA) is 116 Å². The number of carboxylic acid groups (broad SMARTS) is 1. The van der Waals surface area contributed by atoms with Crippen molar-refractivity contribution < 1.29 is 29.3 Å². The molecule has 1 aromatic rings. The van der Waals surface area contributed by atoms with E-state index in [4.69, 9.17) is 4.74 Å². The molecule has 2 atom stereocenters. The fourth-order valence-electron chi connectivity index (χ4n) is 2.40. The summed E-state index contributed by atoms with van der Waals surface area (Å²) in [6, 6.07) is 8.73. The standard InChI is InChI=1S/C15H14N2O6S/c18-9(7-23-8-4-2-1-3-5-8)16-14-13(20)12(15(21)22)17-10(19)6-11(17)24-14/h1-5,11,14,20H,6-7H2,(H,16,18)(H,21,22)/t11-,14?/m1/s1. The van der Waals surface area contributed by atoms with Crippen LogP contribution in [0.15, 0.2) is 41.8 Å². The highest BCUT2D eigenvalue weighted by molar-refractivity contribution is 8.00. The van der Waals surface area contributed by atoms with Crippen LogP contribution in [-0.4, -0.2) is 50.3 Å². The largest absolute Gasteiger partial charge is 0.507 e. The summed E-state index contributed by atoms with van der Waals surface area (Å²) < 4.78 is 5.30. The van der Waals surface area contributed by atoms with E-state index >= 15 is 0 Å². The van der Waals surface area contributed by atoms with Gasteiger partial charge in [-0.25, -0.2) is 4.79 Å². The number of hydrogen-bond donors (Lipinski definition) is 3. The number of amides is 2. The van der Waals surface area contributed by atoms with E-state index in [0.29, 0.717) is 5.75 Å². The Morgan fingerprint density at radius 3 is 2.67 bits per heavy atom. The summed E-state index contributed by atoms with van der Waals surface area (Å²) in [5, 5.41) is 20.5. The molecule has 0 bridgehead atoms.